The van der Waals surface area contributed by atoms with Gasteiger partial charge in [0.05, 0.1) is 15.9 Å². The maximum Gasteiger partial charge on any atom is 0.266 e. The van der Waals surface area contributed by atoms with E-state index in [0.29, 0.717) is 25.2 Å². The number of halogens is 1. The van der Waals surface area contributed by atoms with Gasteiger partial charge in [0.15, 0.2) is 5.16 Å². The highest BCUT2D eigenvalue weighted by molar-refractivity contribution is 8.26. The lowest BCUT2D eigenvalue weighted by atomic mass is 10.2. The molecule has 0 N–H and O–H groups in total. The summed E-state index contributed by atoms with van der Waals surface area (Å²) in [5, 5.41) is 1.27. The van der Waals surface area contributed by atoms with E-state index in [1.54, 1.807) is 22.8 Å². The number of nitrogens with zero attached hydrogens (tertiary/aromatic N) is 3. The summed E-state index contributed by atoms with van der Waals surface area (Å²) in [4.78, 5) is 33.2. The van der Waals surface area contributed by atoms with E-state index in [2.05, 4.69) is 12.1 Å². The van der Waals surface area contributed by atoms with Crippen molar-refractivity contribution in [1.29, 1.82) is 0 Å². The normalized spacial score (nSPS) is 14.8. The molecule has 36 heavy (non-hydrogen) atoms. The highest BCUT2D eigenvalue weighted by atomic mass is 35.5. The molecule has 180 valence electrons. The molecule has 9 heteroatoms. The maximum atomic E-state index is 13.4. The van der Waals surface area contributed by atoms with Crippen molar-refractivity contribution in [3.63, 3.8) is 0 Å². The third-order valence-electron chi connectivity index (χ3n) is 5.58. The Morgan fingerprint density at radius 2 is 1.75 bits per heavy atom. The maximum absolute atomic E-state index is 13.4. The first-order valence-electron chi connectivity index (χ1n) is 11.2. The number of aromatic nitrogens is 2. The number of para-hydroxylation sites is 2. The van der Waals surface area contributed by atoms with Gasteiger partial charge < -0.3 is 0 Å². The lowest BCUT2D eigenvalue weighted by Gasteiger charge is -2.15. The monoisotopic (exact) mass is 549 g/mol. The number of fused-ring (bicyclic) bond motifs is 1. The summed E-state index contributed by atoms with van der Waals surface area (Å²) in [6.45, 7) is 0.205. The van der Waals surface area contributed by atoms with Gasteiger partial charge in [-0.05, 0) is 41.5 Å². The van der Waals surface area contributed by atoms with Gasteiger partial charge in [-0.3, -0.25) is 19.1 Å². The minimum Gasteiger partial charge on any atom is -0.292 e. The SMILES string of the molecule is O=C1/C(=C/c2ccc(Cl)cc2)SC(=S)N1CCC(=O)n1c(SCc2ccccc2)nc2ccccc21. The molecule has 0 aliphatic carbocycles. The minimum absolute atomic E-state index is 0.125. The number of imidazole rings is 1. The molecule has 0 saturated carbocycles. The summed E-state index contributed by atoms with van der Waals surface area (Å²) in [6.07, 6.45) is 1.92. The number of hydrogen-bond donors (Lipinski definition) is 0. The van der Waals surface area contributed by atoms with Crippen LogP contribution < -0.4 is 0 Å². The second kappa shape index (κ2) is 11.0. The first kappa shape index (κ1) is 24.8. The minimum atomic E-state index is -0.193. The average Bonchev–Trinajstić information content (AvgIpc) is 3.39. The molecule has 0 unspecified atom stereocenters. The van der Waals surface area contributed by atoms with Gasteiger partial charge in [0.1, 0.15) is 4.32 Å². The molecule has 1 fully saturated rings. The van der Waals surface area contributed by atoms with Crippen molar-refractivity contribution in [2.75, 3.05) is 6.54 Å². The molecule has 5 rings (SSSR count). The summed E-state index contributed by atoms with van der Waals surface area (Å²) >= 11 is 14.2. The molecular formula is C27H20ClN3O2S3. The van der Waals surface area contributed by atoms with Crippen LogP contribution in [0.15, 0.2) is 88.9 Å². The third-order valence-corrected chi connectivity index (χ3v) is 8.22. The predicted molar refractivity (Wildman–Crippen MR) is 152 cm³/mol. The lowest BCUT2D eigenvalue weighted by Crippen LogP contribution is -2.31. The smallest absolute Gasteiger partial charge is 0.266 e. The van der Waals surface area contributed by atoms with Crippen LogP contribution in [-0.4, -0.2) is 37.1 Å². The van der Waals surface area contributed by atoms with Gasteiger partial charge in [0, 0.05) is 23.7 Å². The molecule has 3 aromatic carbocycles. The molecule has 4 aromatic rings. The number of thioether (sulfide) groups is 2. The highest BCUT2D eigenvalue weighted by Gasteiger charge is 2.32. The Bertz CT molecular complexity index is 1480. The Balaban J connectivity index is 1.32. The van der Waals surface area contributed by atoms with E-state index in [1.807, 2.05) is 54.6 Å². The van der Waals surface area contributed by atoms with Crippen LogP contribution in [0, 0.1) is 0 Å². The van der Waals surface area contributed by atoms with Crippen molar-refractivity contribution in [2.24, 2.45) is 0 Å². The fourth-order valence-electron chi connectivity index (χ4n) is 3.79. The topological polar surface area (TPSA) is 55.2 Å². The summed E-state index contributed by atoms with van der Waals surface area (Å²) in [7, 11) is 0. The molecule has 1 saturated heterocycles. The van der Waals surface area contributed by atoms with Crippen molar-refractivity contribution < 1.29 is 9.59 Å². The van der Waals surface area contributed by atoms with Crippen LogP contribution in [0.3, 0.4) is 0 Å². The number of benzene rings is 3. The van der Waals surface area contributed by atoms with Crippen LogP contribution in [0.1, 0.15) is 22.3 Å². The van der Waals surface area contributed by atoms with Crippen LogP contribution in [0.5, 0.6) is 0 Å². The summed E-state index contributed by atoms with van der Waals surface area (Å²) in [6, 6.07) is 24.9. The van der Waals surface area contributed by atoms with Gasteiger partial charge in [0.25, 0.3) is 5.91 Å². The van der Waals surface area contributed by atoms with Gasteiger partial charge >= 0.3 is 0 Å². The van der Waals surface area contributed by atoms with Gasteiger partial charge in [-0.25, -0.2) is 4.98 Å². The zero-order chi connectivity index (χ0) is 25.1. The Morgan fingerprint density at radius 3 is 2.53 bits per heavy atom. The second-order valence-corrected chi connectivity index (χ2v) is 11.1. The molecule has 0 bridgehead atoms. The summed E-state index contributed by atoms with van der Waals surface area (Å²) in [5.74, 6) is 0.374. The third kappa shape index (κ3) is 5.42. The van der Waals surface area contributed by atoms with Gasteiger partial charge in [-0.1, -0.05) is 102 Å². The van der Waals surface area contributed by atoms with Crippen molar-refractivity contribution in [1.82, 2.24) is 14.5 Å². The van der Waals surface area contributed by atoms with E-state index in [9.17, 15) is 9.59 Å². The van der Waals surface area contributed by atoms with E-state index >= 15 is 0 Å². The zero-order valence-corrected chi connectivity index (χ0v) is 22.2. The fourth-order valence-corrected chi connectivity index (χ4v) is 6.20. The van der Waals surface area contributed by atoms with Crippen LogP contribution in [0.4, 0.5) is 0 Å². The Hall–Kier alpha value is -2.91. The molecule has 0 spiro atoms. The number of carbonyl (C=O) groups excluding carboxylic acids is 2. The fraction of sp³-hybridized carbons (Fsp3) is 0.111. The largest absolute Gasteiger partial charge is 0.292 e. The van der Waals surface area contributed by atoms with E-state index < -0.39 is 0 Å². The number of hydrogen-bond acceptors (Lipinski definition) is 6. The van der Waals surface area contributed by atoms with Gasteiger partial charge in [-0.2, -0.15) is 0 Å². The van der Waals surface area contributed by atoms with Gasteiger partial charge in [-0.15, -0.1) is 0 Å². The molecule has 1 aliphatic rings. The molecule has 0 atom stereocenters. The molecule has 1 amide bonds. The van der Waals surface area contributed by atoms with E-state index in [4.69, 9.17) is 28.8 Å². The second-order valence-electron chi connectivity index (χ2n) is 8.02. The highest BCUT2D eigenvalue weighted by Crippen LogP contribution is 2.33. The Kier molecular flexibility index (Phi) is 7.57. The number of amides is 1. The van der Waals surface area contributed by atoms with E-state index in [0.717, 1.165) is 22.2 Å². The zero-order valence-electron chi connectivity index (χ0n) is 19.0. The molecular weight excluding hydrogens is 530 g/mol. The Labute approximate surface area is 227 Å². The summed E-state index contributed by atoms with van der Waals surface area (Å²) in [5.41, 5.74) is 3.53. The summed E-state index contributed by atoms with van der Waals surface area (Å²) < 4.78 is 2.10. The number of carbonyl (C=O) groups is 2. The lowest BCUT2D eigenvalue weighted by molar-refractivity contribution is -0.122. The van der Waals surface area contributed by atoms with E-state index in [1.165, 1.54) is 28.4 Å². The van der Waals surface area contributed by atoms with Crippen LogP contribution in [0.2, 0.25) is 5.02 Å². The van der Waals surface area contributed by atoms with Gasteiger partial charge in [0.2, 0.25) is 5.91 Å². The molecule has 2 heterocycles. The standard InChI is InChI=1S/C27H20ClN3O2S3/c28-20-12-10-18(11-13-20)16-23-25(33)30(27(34)36-23)15-14-24(32)31-22-9-5-4-8-21(22)29-26(31)35-17-19-6-2-1-3-7-19/h1-13,16H,14-15,17H2/b23-16-. The van der Waals surface area contributed by atoms with Crippen LogP contribution in [-0.2, 0) is 10.5 Å². The molecule has 0 radical (unpaired) electrons. The van der Waals surface area contributed by atoms with Crippen molar-refractivity contribution in [3.05, 3.63) is 99.9 Å². The Morgan fingerprint density at radius 1 is 1.03 bits per heavy atom. The first-order valence-corrected chi connectivity index (χ1v) is 13.8. The van der Waals surface area contributed by atoms with Crippen LogP contribution in [0.25, 0.3) is 17.1 Å². The average molecular weight is 550 g/mol. The van der Waals surface area contributed by atoms with Crippen molar-refractivity contribution in [2.45, 2.75) is 17.3 Å². The quantitative estimate of drug-likeness (QED) is 0.142. The molecule has 1 aliphatic heterocycles. The van der Waals surface area contributed by atoms with E-state index in [-0.39, 0.29) is 24.8 Å². The number of rotatable bonds is 7. The molecule has 5 nitrogen and oxygen atoms in total. The molecule has 1 aromatic heterocycles. The van der Waals surface area contributed by atoms with Crippen molar-refractivity contribution in [3.8, 4) is 0 Å². The predicted octanol–water partition coefficient (Wildman–Crippen LogP) is 6.91. The van der Waals surface area contributed by atoms with Crippen LogP contribution >= 0.6 is 47.3 Å². The van der Waals surface area contributed by atoms with Crippen molar-refractivity contribution >= 4 is 80.6 Å². The number of thiocarbonyl (C=S) groups is 1. The first-order chi connectivity index (χ1) is 17.5.